The van der Waals surface area contributed by atoms with E-state index in [9.17, 15) is 23.1 Å². The first-order valence-corrected chi connectivity index (χ1v) is 5.18. The number of hydrogen-bond acceptors (Lipinski definition) is 4. The summed E-state index contributed by atoms with van der Waals surface area (Å²) in [6, 6.07) is 0. The molecule has 1 unspecified atom stereocenters. The SMILES string of the molecule is COC(=O)N1N=C(C(C)(C)C)CC1(O)C(F)(F)F. The Morgan fingerprint density at radius 3 is 2.28 bits per heavy atom. The van der Waals surface area contributed by atoms with Gasteiger partial charge in [-0.25, -0.2) is 4.79 Å². The van der Waals surface area contributed by atoms with Crippen LogP contribution in [-0.4, -0.2) is 40.9 Å². The molecule has 0 spiro atoms. The van der Waals surface area contributed by atoms with Crippen molar-refractivity contribution in [3.05, 3.63) is 0 Å². The number of alkyl halides is 3. The average molecular weight is 268 g/mol. The Morgan fingerprint density at radius 1 is 1.44 bits per heavy atom. The van der Waals surface area contributed by atoms with Crippen LogP contribution >= 0.6 is 0 Å². The summed E-state index contributed by atoms with van der Waals surface area (Å²) in [6.45, 7) is 4.93. The Morgan fingerprint density at radius 2 is 1.94 bits per heavy atom. The third kappa shape index (κ3) is 2.29. The molecule has 0 aliphatic carbocycles. The second kappa shape index (κ2) is 4.11. The van der Waals surface area contributed by atoms with Crippen molar-refractivity contribution in [3.63, 3.8) is 0 Å². The third-order valence-electron chi connectivity index (χ3n) is 2.65. The molecule has 1 aliphatic heterocycles. The molecule has 0 aromatic rings. The fourth-order valence-corrected chi connectivity index (χ4v) is 1.46. The van der Waals surface area contributed by atoms with Crippen LogP contribution in [0.4, 0.5) is 18.0 Å². The molecule has 18 heavy (non-hydrogen) atoms. The molecule has 1 atom stereocenters. The van der Waals surface area contributed by atoms with Crippen molar-refractivity contribution in [2.24, 2.45) is 10.5 Å². The minimum atomic E-state index is -5.02. The van der Waals surface area contributed by atoms with Gasteiger partial charge in [0, 0.05) is 17.5 Å². The smallest absolute Gasteiger partial charge is 0.439 e. The van der Waals surface area contributed by atoms with E-state index in [1.807, 2.05) is 0 Å². The lowest BCUT2D eigenvalue weighted by Crippen LogP contribution is -2.56. The highest BCUT2D eigenvalue weighted by molar-refractivity contribution is 5.93. The van der Waals surface area contributed by atoms with Crippen LogP contribution < -0.4 is 0 Å². The molecule has 0 radical (unpaired) electrons. The summed E-state index contributed by atoms with van der Waals surface area (Å²) in [6.07, 6.45) is -7.15. The van der Waals surface area contributed by atoms with Gasteiger partial charge in [-0.2, -0.15) is 23.3 Å². The molecule has 1 heterocycles. The van der Waals surface area contributed by atoms with Crippen LogP contribution in [0.25, 0.3) is 0 Å². The largest absolute Gasteiger partial charge is 0.451 e. The molecular formula is C10H15F3N2O3. The number of rotatable bonds is 0. The molecule has 5 nitrogen and oxygen atoms in total. The van der Waals surface area contributed by atoms with Crippen LogP contribution in [0.5, 0.6) is 0 Å². The van der Waals surface area contributed by atoms with Crippen molar-refractivity contribution in [2.75, 3.05) is 7.11 Å². The van der Waals surface area contributed by atoms with Gasteiger partial charge < -0.3 is 9.84 Å². The van der Waals surface area contributed by atoms with Crippen LogP contribution in [0.2, 0.25) is 0 Å². The van der Waals surface area contributed by atoms with Gasteiger partial charge >= 0.3 is 12.3 Å². The Balaban J connectivity index is 3.21. The molecule has 8 heteroatoms. The molecule has 0 saturated heterocycles. The van der Waals surface area contributed by atoms with Gasteiger partial charge in [0.2, 0.25) is 0 Å². The molecule has 1 rings (SSSR count). The maximum absolute atomic E-state index is 12.9. The van der Waals surface area contributed by atoms with E-state index < -0.39 is 29.8 Å². The highest BCUT2D eigenvalue weighted by atomic mass is 19.4. The van der Waals surface area contributed by atoms with Crippen molar-refractivity contribution in [3.8, 4) is 0 Å². The summed E-state index contributed by atoms with van der Waals surface area (Å²) < 4.78 is 42.8. The number of carbonyl (C=O) groups is 1. The summed E-state index contributed by atoms with van der Waals surface area (Å²) >= 11 is 0. The van der Waals surface area contributed by atoms with E-state index in [2.05, 4.69) is 9.84 Å². The quantitative estimate of drug-likeness (QED) is 0.732. The maximum atomic E-state index is 12.9. The molecule has 0 bridgehead atoms. The molecule has 0 aromatic carbocycles. The zero-order valence-corrected chi connectivity index (χ0v) is 10.5. The van der Waals surface area contributed by atoms with Crippen LogP contribution in [0.3, 0.4) is 0 Å². The molecule has 0 fully saturated rings. The molecule has 104 valence electrons. The van der Waals surface area contributed by atoms with Crippen molar-refractivity contribution < 1.29 is 27.8 Å². The number of nitrogens with zero attached hydrogens (tertiary/aromatic N) is 2. The van der Waals surface area contributed by atoms with Crippen LogP contribution in [0.1, 0.15) is 27.2 Å². The van der Waals surface area contributed by atoms with E-state index in [-0.39, 0.29) is 10.7 Å². The van der Waals surface area contributed by atoms with Crippen molar-refractivity contribution >= 4 is 11.8 Å². The normalized spacial score (nSPS) is 25.1. The second-order valence-electron chi connectivity index (χ2n) is 5.07. The minimum Gasteiger partial charge on any atom is -0.451 e. The average Bonchev–Trinajstić information content (AvgIpc) is 2.55. The Bertz CT molecular complexity index is 387. The molecule has 1 amide bonds. The molecular weight excluding hydrogens is 253 g/mol. The monoisotopic (exact) mass is 268 g/mol. The van der Waals surface area contributed by atoms with Gasteiger partial charge in [0.15, 0.2) is 0 Å². The summed E-state index contributed by atoms with van der Waals surface area (Å²) in [5.74, 6) is 0. The van der Waals surface area contributed by atoms with Gasteiger partial charge in [-0.3, -0.25) is 0 Å². The van der Waals surface area contributed by atoms with Gasteiger partial charge in [0.25, 0.3) is 5.72 Å². The van der Waals surface area contributed by atoms with Gasteiger partial charge in [0.05, 0.1) is 7.11 Å². The molecule has 0 aromatic heterocycles. The van der Waals surface area contributed by atoms with Gasteiger partial charge in [0.1, 0.15) is 0 Å². The number of methoxy groups -OCH3 is 1. The van der Waals surface area contributed by atoms with Crippen LogP contribution in [0.15, 0.2) is 5.10 Å². The Hall–Kier alpha value is -1.31. The number of amides is 1. The summed E-state index contributed by atoms with van der Waals surface area (Å²) in [5, 5.41) is 13.2. The number of hydrogen-bond donors (Lipinski definition) is 1. The molecule has 0 saturated carbocycles. The van der Waals surface area contributed by atoms with Crippen molar-refractivity contribution in [1.82, 2.24) is 5.01 Å². The van der Waals surface area contributed by atoms with Gasteiger partial charge in [-0.05, 0) is 0 Å². The number of hydrazone groups is 1. The van der Waals surface area contributed by atoms with E-state index >= 15 is 0 Å². The van der Waals surface area contributed by atoms with Crippen LogP contribution in [-0.2, 0) is 4.74 Å². The Labute approximate surface area is 102 Å². The zero-order valence-electron chi connectivity index (χ0n) is 10.5. The van der Waals surface area contributed by atoms with Gasteiger partial charge in [-0.15, -0.1) is 0 Å². The zero-order chi connectivity index (χ0) is 14.4. The maximum Gasteiger partial charge on any atom is 0.439 e. The topological polar surface area (TPSA) is 62.1 Å². The fraction of sp³-hybridized carbons (Fsp3) is 0.800. The summed E-state index contributed by atoms with van der Waals surface area (Å²) in [7, 11) is 0.920. The van der Waals surface area contributed by atoms with Crippen molar-refractivity contribution in [1.29, 1.82) is 0 Å². The second-order valence-corrected chi connectivity index (χ2v) is 5.07. The predicted octanol–water partition coefficient (Wildman–Crippen LogP) is 2.11. The number of carbonyl (C=O) groups excluding carboxylic acids is 1. The lowest BCUT2D eigenvalue weighted by molar-refractivity contribution is -0.299. The predicted molar refractivity (Wildman–Crippen MR) is 56.8 cm³/mol. The molecule has 1 aliphatic rings. The minimum absolute atomic E-state index is 0.0480. The highest BCUT2D eigenvalue weighted by Gasteiger charge is 2.64. The first kappa shape index (κ1) is 14.7. The van der Waals surface area contributed by atoms with E-state index in [0.29, 0.717) is 0 Å². The van der Waals surface area contributed by atoms with E-state index in [4.69, 9.17) is 0 Å². The summed E-state index contributed by atoms with van der Waals surface area (Å²) in [5.41, 5.74) is -3.96. The molecule has 1 N–H and O–H groups in total. The number of halogens is 3. The lowest BCUT2D eigenvalue weighted by Gasteiger charge is -2.31. The first-order chi connectivity index (χ1) is 7.93. The number of ether oxygens (including phenoxy) is 1. The first-order valence-electron chi connectivity index (χ1n) is 5.18. The van der Waals surface area contributed by atoms with Crippen LogP contribution in [0, 0.1) is 5.41 Å². The van der Waals surface area contributed by atoms with Gasteiger partial charge in [-0.1, -0.05) is 20.8 Å². The van der Waals surface area contributed by atoms with Crippen molar-refractivity contribution in [2.45, 2.75) is 39.1 Å². The standard InChI is InChI=1S/C10H15F3N2O3/c1-8(2,3)6-5-9(17,10(11,12)13)15(14-6)7(16)18-4/h17H,5H2,1-4H3. The van der Waals surface area contributed by atoms with E-state index in [0.717, 1.165) is 7.11 Å². The van der Waals surface area contributed by atoms with E-state index in [1.54, 1.807) is 20.8 Å². The third-order valence-corrected chi connectivity index (χ3v) is 2.65. The highest BCUT2D eigenvalue weighted by Crippen LogP contribution is 2.43. The fourth-order valence-electron chi connectivity index (χ4n) is 1.46. The lowest BCUT2D eigenvalue weighted by atomic mass is 9.86. The van der Waals surface area contributed by atoms with E-state index in [1.165, 1.54) is 0 Å². The Kier molecular flexibility index (Phi) is 3.37. The number of aliphatic hydroxyl groups is 1. The summed E-state index contributed by atoms with van der Waals surface area (Å²) in [4.78, 5) is 11.3.